The molecule has 9 nitrogen and oxygen atoms in total. The second-order valence-corrected chi connectivity index (χ2v) is 9.29. The number of rotatable bonds is 8. The van der Waals surface area contributed by atoms with Gasteiger partial charge in [-0.2, -0.15) is 4.98 Å². The maximum atomic E-state index is 12.8. The number of carbonyl (C=O) groups is 2. The second-order valence-electron chi connectivity index (χ2n) is 9.29. The van der Waals surface area contributed by atoms with E-state index in [1.54, 1.807) is 17.1 Å². The average molecular weight is 476 g/mol. The number of nitrogens with zero attached hydrogens (tertiary/aromatic N) is 5. The van der Waals surface area contributed by atoms with Crippen LogP contribution < -0.4 is 15.5 Å². The van der Waals surface area contributed by atoms with Crippen LogP contribution in [0.2, 0.25) is 0 Å². The molecule has 1 aromatic carbocycles. The largest absolute Gasteiger partial charge is 0.350 e. The van der Waals surface area contributed by atoms with Crippen molar-refractivity contribution in [3.05, 3.63) is 65.9 Å². The molecule has 0 spiro atoms. The molecular formula is C26H33N7O2. The number of benzene rings is 1. The number of hydrogen-bond acceptors (Lipinski definition) is 7. The third kappa shape index (κ3) is 6.51. The van der Waals surface area contributed by atoms with Crippen LogP contribution in [-0.4, -0.2) is 57.0 Å². The molecule has 1 saturated heterocycles. The molecule has 1 unspecified atom stereocenters. The van der Waals surface area contributed by atoms with E-state index in [1.807, 2.05) is 43.5 Å². The number of aryl methyl sites for hydroxylation is 2. The molecule has 1 aliphatic heterocycles. The van der Waals surface area contributed by atoms with Crippen LogP contribution in [-0.2, 0) is 16.0 Å². The topological polar surface area (TPSA) is 105 Å². The van der Waals surface area contributed by atoms with Crippen molar-refractivity contribution in [3.8, 4) is 5.95 Å². The van der Waals surface area contributed by atoms with E-state index in [-0.39, 0.29) is 36.6 Å². The van der Waals surface area contributed by atoms with Crippen molar-refractivity contribution < 1.29 is 9.59 Å². The van der Waals surface area contributed by atoms with Gasteiger partial charge < -0.3 is 10.2 Å². The van der Waals surface area contributed by atoms with E-state index in [9.17, 15) is 9.59 Å². The lowest BCUT2D eigenvalue weighted by atomic mass is 10.1. The third-order valence-corrected chi connectivity index (χ3v) is 6.15. The standard InChI is InChI=1S/C26H33N7O2/c1-18(2)22-15-23(30-26(29-22)32-12-10-28-17-32)33-13-11-27-16-21(33)14-25(35)31-24(34)9-8-20-6-4-19(3)5-7-20/h4-7,10,12,15,17-18,21,27H,8-9,11,13-14,16H2,1-3H3,(H,31,34,35). The maximum absolute atomic E-state index is 12.8. The Hall–Kier alpha value is -3.59. The minimum absolute atomic E-state index is 0.126. The molecule has 1 atom stereocenters. The lowest BCUT2D eigenvalue weighted by Crippen LogP contribution is -2.53. The quantitative estimate of drug-likeness (QED) is 0.516. The molecule has 0 saturated carbocycles. The fourth-order valence-electron chi connectivity index (χ4n) is 4.12. The van der Waals surface area contributed by atoms with E-state index in [1.165, 1.54) is 5.56 Å². The summed E-state index contributed by atoms with van der Waals surface area (Å²) in [6, 6.07) is 9.95. The van der Waals surface area contributed by atoms with E-state index in [0.717, 1.165) is 23.6 Å². The van der Waals surface area contributed by atoms with Gasteiger partial charge in [0.2, 0.25) is 17.8 Å². The van der Waals surface area contributed by atoms with Gasteiger partial charge in [-0.25, -0.2) is 9.97 Å². The number of carbonyl (C=O) groups excluding carboxylic acids is 2. The zero-order chi connectivity index (χ0) is 24.8. The fourth-order valence-corrected chi connectivity index (χ4v) is 4.12. The summed E-state index contributed by atoms with van der Waals surface area (Å²) < 4.78 is 1.78. The molecule has 0 bridgehead atoms. The molecular weight excluding hydrogens is 442 g/mol. The first-order valence-electron chi connectivity index (χ1n) is 12.1. The van der Waals surface area contributed by atoms with Crippen molar-refractivity contribution in [1.29, 1.82) is 0 Å². The van der Waals surface area contributed by atoms with Crippen LogP contribution in [0.25, 0.3) is 5.95 Å². The van der Waals surface area contributed by atoms with Crippen molar-refractivity contribution in [2.24, 2.45) is 0 Å². The highest BCUT2D eigenvalue weighted by Gasteiger charge is 2.27. The number of aromatic nitrogens is 4. The van der Waals surface area contributed by atoms with Crippen LogP contribution in [0, 0.1) is 6.92 Å². The number of amides is 2. The van der Waals surface area contributed by atoms with Gasteiger partial charge in [-0.15, -0.1) is 0 Å². The van der Waals surface area contributed by atoms with Crippen LogP contribution in [0.15, 0.2) is 49.1 Å². The van der Waals surface area contributed by atoms with Gasteiger partial charge >= 0.3 is 0 Å². The highest BCUT2D eigenvalue weighted by Crippen LogP contribution is 2.23. The normalized spacial score (nSPS) is 15.9. The summed E-state index contributed by atoms with van der Waals surface area (Å²) in [5.74, 6) is 1.02. The summed E-state index contributed by atoms with van der Waals surface area (Å²) in [6.07, 6.45) is 6.26. The smallest absolute Gasteiger partial charge is 0.237 e. The van der Waals surface area contributed by atoms with Gasteiger partial charge in [-0.3, -0.25) is 19.5 Å². The predicted molar refractivity (Wildman–Crippen MR) is 135 cm³/mol. The van der Waals surface area contributed by atoms with Crippen molar-refractivity contribution in [2.75, 3.05) is 24.5 Å². The minimum Gasteiger partial charge on any atom is -0.350 e. The van der Waals surface area contributed by atoms with Crippen LogP contribution in [0.4, 0.5) is 5.82 Å². The Bertz CT molecular complexity index is 1140. The number of imide groups is 1. The van der Waals surface area contributed by atoms with E-state index >= 15 is 0 Å². The molecule has 3 aromatic rings. The van der Waals surface area contributed by atoms with Crippen molar-refractivity contribution in [2.45, 2.75) is 52.0 Å². The predicted octanol–water partition coefficient (Wildman–Crippen LogP) is 2.54. The van der Waals surface area contributed by atoms with E-state index in [4.69, 9.17) is 9.97 Å². The zero-order valence-electron chi connectivity index (χ0n) is 20.6. The summed E-state index contributed by atoms with van der Waals surface area (Å²) in [7, 11) is 0. The van der Waals surface area contributed by atoms with Crippen LogP contribution in [0.5, 0.6) is 0 Å². The van der Waals surface area contributed by atoms with Crippen LogP contribution >= 0.6 is 0 Å². The molecule has 0 radical (unpaired) electrons. The first-order chi connectivity index (χ1) is 16.9. The van der Waals surface area contributed by atoms with Crippen LogP contribution in [0.1, 0.15) is 49.4 Å². The van der Waals surface area contributed by atoms with Gasteiger partial charge in [0.15, 0.2) is 0 Å². The molecule has 2 N–H and O–H groups in total. The number of nitrogens with one attached hydrogen (secondary N) is 2. The molecule has 1 fully saturated rings. The Labute approximate surface area is 206 Å². The summed E-state index contributed by atoms with van der Waals surface area (Å²) >= 11 is 0. The summed E-state index contributed by atoms with van der Waals surface area (Å²) in [5, 5.41) is 5.93. The van der Waals surface area contributed by atoms with E-state index < -0.39 is 0 Å². The number of anilines is 1. The Balaban J connectivity index is 1.42. The minimum atomic E-state index is -0.273. The molecule has 35 heavy (non-hydrogen) atoms. The van der Waals surface area contributed by atoms with Gasteiger partial charge in [0, 0.05) is 50.9 Å². The van der Waals surface area contributed by atoms with Crippen LogP contribution in [0.3, 0.4) is 0 Å². The van der Waals surface area contributed by atoms with Gasteiger partial charge in [-0.1, -0.05) is 43.7 Å². The Morgan fingerprint density at radius 3 is 2.69 bits per heavy atom. The van der Waals surface area contributed by atoms with Gasteiger partial charge in [0.1, 0.15) is 12.1 Å². The number of piperazine rings is 1. The summed E-state index contributed by atoms with van der Waals surface area (Å²) in [4.78, 5) is 40.9. The lowest BCUT2D eigenvalue weighted by molar-refractivity contribution is -0.130. The lowest BCUT2D eigenvalue weighted by Gasteiger charge is -2.37. The van der Waals surface area contributed by atoms with Crippen molar-refractivity contribution >= 4 is 17.6 Å². The number of imidazole rings is 1. The van der Waals surface area contributed by atoms with Gasteiger partial charge in [-0.05, 0) is 24.8 Å². The van der Waals surface area contributed by atoms with Crippen molar-refractivity contribution in [1.82, 2.24) is 30.2 Å². The number of hydrogen-bond donors (Lipinski definition) is 2. The fraction of sp³-hybridized carbons (Fsp3) is 0.423. The second kappa shape index (κ2) is 11.2. The van der Waals surface area contributed by atoms with Gasteiger partial charge in [0.25, 0.3) is 0 Å². The third-order valence-electron chi connectivity index (χ3n) is 6.15. The van der Waals surface area contributed by atoms with Gasteiger partial charge in [0.05, 0.1) is 11.7 Å². The molecule has 184 valence electrons. The molecule has 2 aromatic heterocycles. The molecule has 1 aliphatic rings. The molecule has 4 rings (SSSR count). The molecule has 9 heteroatoms. The average Bonchev–Trinajstić information content (AvgIpc) is 3.39. The molecule has 2 amide bonds. The molecule has 3 heterocycles. The van der Waals surface area contributed by atoms with Crippen molar-refractivity contribution in [3.63, 3.8) is 0 Å². The van der Waals surface area contributed by atoms with E-state index in [0.29, 0.717) is 25.5 Å². The Kier molecular flexibility index (Phi) is 7.87. The SMILES string of the molecule is Cc1ccc(CCC(=O)NC(=O)CC2CNCCN2c2cc(C(C)C)nc(-n3ccnc3)n2)cc1. The highest BCUT2D eigenvalue weighted by atomic mass is 16.2. The zero-order valence-corrected chi connectivity index (χ0v) is 20.6. The Morgan fingerprint density at radius 2 is 1.97 bits per heavy atom. The van der Waals surface area contributed by atoms with E-state index in [2.05, 4.69) is 34.4 Å². The summed E-state index contributed by atoms with van der Waals surface area (Å²) in [5.41, 5.74) is 3.19. The monoisotopic (exact) mass is 475 g/mol. The first kappa shape index (κ1) is 24.5. The first-order valence-corrected chi connectivity index (χ1v) is 12.1. The summed E-state index contributed by atoms with van der Waals surface area (Å²) in [6.45, 7) is 8.34. The molecule has 0 aliphatic carbocycles. The highest BCUT2D eigenvalue weighted by molar-refractivity contribution is 5.95. The maximum Gasteiger partial charge on any atom is 0.237 e. The Morgan fingerprint density at radius 1 is 1.17 bits per heavy atom.